The topological polar surface area (TPSA) is 62.6 Å². The second-order valence-electron chi connectivity index (χ2n) is 5.04. The molecule has 1 saturated heterocycles. The van der Waals surface area contributed by atoms with Gasteiger partial charge in [-0.25, -0.2) is 0 Å². The van der Waals surface area contributed by atoms with Gasteiger partial charge in [0.1, 0.15) is 24.1 Å². The van der Waals surface area contributed by atoms with Gasteiger partial charge in [0.15, 0.2) is 0 Å². The molecule has 0 saturated carbocycles. The number of hydrogen-bond acceptors (Lipinski definition) is 3. The van der Waals surface area contributed by atoms with Crippen molar-refractivity contribution in [2.24, 2.45) is 0 Å². The number of piperazine rings is 1. The maximum atomic E-state index is 12.3. The number of carbonyl (C=O) groups is 2. The van der Waals surface area contributed by atoms with Gasteiger partial charge in [-0.3, -0.25) is 9.59 Å². The highest BCUT2D eigenvalue weighted by Gasteiger charge is 2.35. The molecule has 2 unspecified atom stereocenters. The van der Waals surface area contributed by atoms with Crippen LogP contribution in [0.4, 0.5) is 0 Å². The number of nitrogens with one attached hydrogen (secondary N) is 1. The van der Waals surface area contributed by atoms with Crippen LogP contribution in [-0.4, -0.2) is 29.3 Å². The summed E-state index contributed by atoms with van der Waals surface area (Å²) in [6.07, 6.45) is 0.608. The van der Waals surface area contributed by atoms with Crippen molar-refractivity contribution in [3.8, 4) is 0 Å². The summed E-state index contributed by atoms with van der Waals surface area (Å²) in [6, 6.07) is 1.38. The largest absolute Gasteiger partial charge is 0.466 e. The van der Waals surface area contributed by atoms with Crippen LogP contribution in [0.1, 0.15) is 43.4 Å². The highest BCUT2D eigenvalue weighted by molar-refractivity contribution is 5.95. The Hall–Kier alpha value is -1.78. The Bertz CT molecular complexity index is 507. The average Bonchev–Trinajstić information content (AvgIpc) is 2.70. The molecule has 1 aromatic heterocycles. The lowest BCUT2D eigenvalue weighted by Gasteiger charge is -2.36. The molecule has 1 aromatic rings. The lowest BCUT2D eigenvalue weighted by atomic mass is 10.0. The number of nitrogens with zero attached hydrogens (tertiary/aromatic N) is 1. The van der Waals surface area contributed by atoms with Crippen LogP contribution in [0.25, 0.3) is 0 Å². The van der Waals surface area contributed by atoms with Crippen LogP contribution in [0.3, 0.4) is 0 Å². The number of rotatable bonds is 3. The van der Waals surface area contributed by atoms with Crippen molar-refractivity contribution in [1.82, 2.24) is 10.2 Å². The molecule has 0 aliphatic carbocycles. The highest BCUT2D eigenvalue weighted by Crippen LogP contribution is 2.27. The molecular formula is C14H20N2O3. The highest BCUT2D eigenvalue weighted by atomic mass is 16.3. The van der Waals surface area contributed by atoms with Crippen molar-refractivity contribution < 1.29 is 14.0 Å². The Morgan fingerprint density at radius 3 is 2.68 bits per heavy atom. The van der Waals surface area contributed by atoms with E-state index in [0.29, 0.717) is 6.42 Å². The van der Waals surface area contributed by atoms with Gasteiger partial charge >= 0.3 is 0 Å². The fourth-order valence-corrected chi connectivity index (χ4v) is 2.57. The van der Waals surface area contributed by atoms with Gasteiger partial charge in [0, 0.05) is 5.56 Å². The van der Waals surface area contributed by atoms with Crippen molar-refractivity contribution in [2.75, 3.05) is 6.54 Å². The minimum Gasteiger partial charge on any atom is -0.466 e. The molecule has 104 valence electrons. The molecule has 19 heavy (non-hydrogen) atoms. The molecule has 0 spiro atoms. The zero-order valence-electron chi connectivity index (χ0n) is 11.8. The van der Waals surface area contributed by atoms with Crippen LogP contribution in [0.15, 0.2) is 10.5 Å². The van der Waals surface area contributed by atoms with Gasteiger partial charge in [0.25, 0.3) is 0 Å². The summed E-state index contributed by atoms with van der Waals surface area (Å²) in [5.41, 5.74) is 0.968. The minimum absolute atomic E-state index is 0.0205. The third-order valence-corrected chi connectivity index (χ3v) is 3.64. The summed E-state index contributed by atoms with van der Waals surface area (Å²) in [6.45, 7) is 7.69. The maximum absolute atomic E-state index is 12.3. The Labute approximate surface area is 113 Å². The summed E-state index contributed by atoms with van der Waals surface area (Å²) < 4.78 is 5.50. The second-order valence-corrected chi connectivity index (χ2v) is 5.04. The first-order valence-corrected chi connectivity index (χ1v) is 6.60. The summed E-state index contributed by atoms with van der Waals surface area (Å²) in [7, 11) is 0. The van der Waals surface area contributed by atoms with Crippen molar-refractivity contribution in [3.05, 3.63) is 23.2 Å². The van der Waals surface area contributed by atoms with Crippen LogP contribution < -0.4 is 5.32 Å². The lowest BCUT2D eigenvalue weighted by Crippen LogP contribution is -2.58. The van der Waals surface area contributed by atoms with E-state index in [4.69, 9.17) is 4.42 Å². The van der Waals surface area contributed by atoms with Gasteiger partial charge in [-0.15, -0.1) is 0 Å². The molecule has 1 fully saturated rings. The molecule has 1 N–H and O–H groups in total. The molecule has 2 rings (SSSR count). The Morgan fingerprint density at radius 2 is 2.16 bits per heavy atom. The number of hydrogen-bond donors (Lipinski definition) is 1. The van der Waals surface area contributed by atoms with Crippen LogP contribution >= 0.6 is 0 Å². The molecule has 5 nitrogen and oxygen atoms in total. The first kappa shape index (κ1) is 13.6. The fraction of sp³-hybridized carbons (Fsp3) is 0.571. The van der Waals surface area contributed by atoms with Crippen LogP contribution in [0.5, 0.6) is 0 Å². The predicted molar refractivity (Wildman–Crippen MR) is 70.5 cm³/mol. The first-order chi connectivity index (χ1) is 8.93. The van der Waals surface area contributed by atoms with Gasteiger partial charge in [-0.05, 0) is 33.3 Å². The Morgan fingerprint density at radius 1 is 1.47 bits per heavy atom. The summed E-state index contributed by atoms with van der Waals surface area (Å²) in [4.78, 5) is 25.6. The molecule has 0 bridgehead atoms. The standard InChI is InChI=1S/C14H20N2O3/c1-5-12-14(18)16(7-13(17)15-12)9(3)11-6-8(2)19-10(11)4/h6,9,12H,5,7H2,1-4H3,(H,15,17). The van der Waals surface area contributed by atoms with E-state index in [-0.39, 0.29) is 24.4 Å². The van der Waals surface area contributed by atoms with Gasteiger partial charge in [0.05, 0.1) is 6.04 Å². The second kappa shape index (κ2) is 5.07. The van der Waals surface area contributed by atoms with E-state index in [1.54, 1.807) is 4.90 Å². The third-order valence-electron chi connectivity index (χ3n) is 3.64. The normalized spacial score (nSPS) is 21.5. The maximum Gasteiger partial charge on any atom is 0.246 e. The molecule has 2 amide bonds. The number of furan rings is 1. The zero-order valence-corrected chi connectivity index (χ0v) is 11.8. The molecule has 0 radical (unpaired) electrons. The summed E-state index contributed by atoms with van der Waals surface area (Å²) >= 11 is 0. The first-order valence-electron chi connectivity index (χ1n) is 6.60. The van der Waals surface area contributed by atoms with Crippen molar-refractivity contribution >= 4 is 11.8 Å². The molecular weight excluding hydrogens is 244 g/mol. The molecule has 1 aliphatic heterocycles. The Balaban J connectivity index is 2.26. The molecule has 2 heterocycles. The predicted octanol–water partition coefficient (Wildman–Crippen LogP) is 1.69. The quantitative estimate of drug-likeness (QED) is 0.903. The molecule has 5 heteroatoms. The monoisotopic (exact) mass is 264 g/mol. The van der Waals surface area contributed by atoms with E-state index >= 15 is 0 Å². The molecule has 1 aliphatic rings. The van der Waals surface area contributed by atoms with Gasteiger partial charge in [-0.1, -0.05) is 6.92 Å². The number of aryl methyl sites for hydroxylation is 2. The van der Waals surface area contributed by atoms with Crippen molar-refractivity contribution in [3.63, 3.8) is 0 Å². The zero-order chi connectivity index (χ0) is 14.2. The van der Waals surface area contributed by atoms with Crippen LogP contribution in [0.2, 0.25) is 0 Å². The van der Waals surface area contributed by atoms with E-state index < -0.39 is 6.04 Å². The van der Waals surface area contributed by atoms with E-state index in [1.807, 2.05) is 33.8 Å². The van der Waals surface area contributed by atoms with Gasteiger partial charge < -0.3 is 14.6 Å². The Kier molecular flexibility index (Phi) is 3.64. The average molecular weight is 264 g/mol. The molecule has 0 aromatic carbocycles. The number of amides is 2. The van der Waals surface area contributed by atoms with E-state index in [9.17, 15) is 9.59 Å². The van der Waals surface area contributed by atoms with Crippen LogP contribution in [0, 0.1) is 13.8 Å². The van der Waals surface area contributed by atoms with Crippen LogP contribution in [-0.2, 0) is 9.59 Å². The summed E-state index contributed by atoms with van der Waals surface area (Å²) in [5, 5.41) is 2.72. The SMILES string of the molecule is CCC1NC(=O)CN(C(C)c2cc(C)oc2C)C1=O. The van der Waals surface area contributed by atoms with Crippen molar-refractivity contribution in [2.45, 2.75) is 46.2 Å². The van der Waals surface area contributed by atoms with Crippen molar-refractivity contribution in [1.29, 1.82) is 0 Å². The number of carbonyl (C=O) groups excluding carboxylic acids is 2. The summed E-state index contributed by atoms with van der Waals surface area (Å²) in [5.74, 6) is 1.50. The van der Waals surface area contributed by atoms with E-state index in [0.717, 1.165) is 17.1 Å². The third kappa shape index (κ3) is 2.50. The lowest BCUT2D eigenvalue weighted by molar-refractivity contribution is -0.146. The fourth-order valence-electron chi connectivity index (χ4n) is 2.57. The molecule has 2 atom stereocenters. The van der Waals surface area contributed by atoms with Gasteiger partial charge in [0.2, 0.25) is 11.8 Å². The minimum atomic E-state index is -0.406. The van der Waals surface area contributed by atoms with E-state index in [2.05, 4.69) is 5.32 Å². The van der Waals surface area contributed by atoms with E-state index in [1.165, 1.54) is 0 Å². The smallest absolute Gasteiger partial charge is 0.246 e. The van der Waals surface area contributed by atoms with Gasteiger partial charge in [-0.2, -0.15) is 0 Å².